The predicted molar refractivity (Wildman–Crippen MR) is 81.8 cm³/mol. The molecule has 0 aliphatic rings. The lowest BCUT2D eigenvalue weighted by Crippen LogP contribution is -2.42. The molecule has 0 saturated carbocycles. The van der Waals surface area contributed by atoms with Crippen molar-refractivity contribution in [3.05, 3.63) is 34.9 Å². The van der Waals surface area contributed by atoms with E-state index < -0.39 is 5.60 Å². The first-order valence-electron chi connectivity index (χ1n) is 6.15. The van der Waals surface area contributed by atoms with Crippen molar-refractivity contribution in [1.29, 1.82) is 0 Å². The van der Waals surface area contributed by atoms with Gasteiger partial charge < -0.3 is 10.4 Å². The van der Waals surface area contributed by atoms with E-state index in [-0.39, 0.29) is 12.5 Å². The van der Waals surface area contributed by atoms with Crippen molar-refractivity contribution in [2.75, 3.05) is 18.6 Å². The monoisotopic (exact) mass is 301 g/mol. The zero-order chi connectivity index (χ0) is 14.3. The minimum Gasteiger partial charge on any atom is -0.387 e. The minimum absolute atomic E-state index is 0.0451. The normalized spacial score (nSPS) is 13.9. The Labute approximate surface area is 123 Å². The summed E-state index contributed by atoms with van der Waals surface area (Å²) < 4.78 is 0. The van der Waals surface area contributed by atoms with Crippen molar-refractivity contribution in [2.45, 2.75) is 25.4 Å². The van der Waals surface area contributed by atoms with Gasteiger partial charge in [0.2, 0.25) is 5.91 Å². The summed E-state index contributed by atoms with van der Waals surface area (Å²) in [4.78, 5) is 11.7. The third-order valence-electron chi connectivity index (χ3n) is 2.68. The molecule has 5 heteroatoms. The van der Waals surface area contributed by atoms with Crippen molar-refractivity contribution in [3.8, 4) is 0 Å². The molecule has 1 rings (SSSR count). The maximum atomic E-state index is 11.7. The second-order valence-corrected chi connectivity index (χ2v) is 6.14. The van der Waals surface area contributed by atoms with E-state index in [4.69, 9.17) is 11.6 Å². The standard InChI is InChI=1S/C14H20ClNO2S/c1-14(18,10-19-2)9-16-13(17)8-5-11-3-6-12(15)7-4-11/h3-4,6-7,18H,5,8-10H2,1-2H3,(H,16,17). The molecular formula is C14H20ClNO2S. The average Bonchev–Trinajstić information content (AvgIpc) is 2.36. The number of halogens is 1. The molecule has 1 atom stereocenters. The van der Waals surface area contributed by atoms with Crippen LogP contribution >= 0.6 is 23.4 Å². The molecule has 0 aliphatic heterocycles. The Morgan fingerprint density at radius 1 is 1.42 bits per heavy atom. The Hall–Kier alpha value is -0.710. The number of benzene rings is 1. The van der Waals surface area contributed by atoms with Gasteiger partial charge >= 0.3 is 0 Å². The average molecular weight is 302 g/mol. The molecule has 2 N–H and O–H groups in total. The van der Waals surface area contributed by atoms with Crippen LogP contribution in [0, 0.1) is 0 Å². The summed E-state index contributed by atoms with van der Waals surface area (Å²) in [5, 5.41) is 13.4. The SMILES string of the molecule is CSCC(C)(O)CNC(=O)CCc1ccc(Cl)cc1. The smallest absolute Gasteiger partial charge is 0.220 e. The molecule has 0 fully saturated rings. The van der Waals surface area contributed by atoms with E-state index in [0.717, 1.165) is 5.56 Å². The number of aliphatic hydroxyl groups is 1. The number of hydrogen-bond donors (Lipinski definition) is 2. The Morgan fingerprint density at radius 2 is 2.05 bits per heavy atom. The van der Waals surface area contributed by atoms with E-state index in [0.29, 0.717) is 23.6 Å². The first-order valence-corrected chi connectivity index (χ1v) is 7.92. The highest BCUT2D eigenvalue weighted by Crippen LogP contribution is 2.11. The molecule has 0 bridgehead atoms. The van der Waals surface area contributed by atoms with Gasteiger partial charge in [0.25, 0.3) is 0 Å². The van der Waals surface area contributed by atoms with Crippen LogP contribution in [0.15, 0.2) is 24.3 Å². The number of thioether (sulfide) groups is 1. The van der Waals surface area contributed by atoms with Crippen LogP contribution in [0.1, 0.15) is 18.9 Å². The Bertz CT molecular complexity index is 406. The number of nitrogens with one attached hydrogen (secondary N) is 1. The second-order valence-electron chi connectivity index (χ2n) is 4.83. The fourth-order valence-electron chi connectivity index (χ4n) is 1.65. The summed E-state index contributed by atoms with van der Waals surface area (Å²) >= 11 is 7.35. The molecule has 106 valence electrons. The van der Waals surface area contributed by atoms with Crippen LogP contribution in [0.4, 0.5) is 0 Å². The molecule has 0 heterocycles. The summed E-state index contributed by atoms with van der Waals surface area (Å²) in [6.45, 7) is 2.01. The Morgan fingerprint density at radius 3 is 2.63 bits per heavy atom. The molecule has 19 heavy (non-hydrogen) atoms. The van der Waals surface area contributed by atoms with Crippen LogP contribution in [0.5, 0.6) is 0 Å². The topological polar surface area (TPSA) is 49.3 Å². The predicted octanol–water partition coefficient (Wildman–Crippen LogP) is 2.50. The summed E-state index contributed by atoms with van der Waals surface area (Å²) in [6, 6.07) is 7.47. The van der Waals surface area contributed by atoms with Gasteiger partial charge in [-0.05, 0) is 37.3 Å². The van der Waals surface area contributed by atoms with Crippen LogP contribution in [-0.2, 0) is 11.2 Å². The highest BCUT2D eigenvalue weighted by Gasteiger charge is 2.20. The lowest BCUT2D eigenvalue weighted by Gasteiger charge is -2.22. The van der Waals surface area contributed by atoms with Crippen LogP contribution in [0.2, 0.25) is 5.02 Å². The third kappa shape index (κ3) is 6.85. The minimum atomic E-state index is -0.852. The molecule has 1 unspecified atom stereocenters. The van der Waals surface area contributed by atoms with Crippen molar-refractivity contribution >= 4 is 29.3 Å². The van der Waals surface area contributed by atoms with Crippen molar-refractivity contribution in [2.24, 2.45) is 0 Å². The molecular weight excluding hydrogens is 282 g/mol. The highest BCUT2D eigenvalue weighted by atomic mass is 35.5. The number of carbonyl (C=O) groups is 1. The Balaban J connectivity index is 2.30. The van der Waals surface area contributed by atoms with Gasteiger partial charge in [0.05, 0.1) is 5.60 Å². The van der Waals surface area contributed by atoms with Crippen LogP contribution < -0.4 is 5.32 Å². The van der Waals surface area contributed by atoms with Gasteiger partial charge in [0.1, 0.15) is 0 Å². The van der Waals surface area contributed by atoms with Crippen molar-refractivity contribution in [3.63, 3.8) is 0 Å². The summed E-state index contributed by atoms with van der Waals surface area (Å²) in [6.07, 6.45) is 3.02. The van der Waals surface area contributed by atoms with Crippen molar-refractivity contribution in [1.82, 2.24) is 5.32 Å². The maximum Gasteiger partial charge on any atom is 0.220 e. The van der Waals surface area contributed by atoms with Crippen molar-refractivity contribution < 1.29 is 9.90 Å². The number of aryl methyl sites for hydroxylation is 1. The van der Waals surface area contributed by atoms with Crippen LogP contribution in [0.3, 0.4) is 0 Å². The van der Waals surface area contributed by atoms with E-state index in [1.54, 1.807) is 18.7 Å². The first kappa shape index (κ1) is 16.3. The van der Waals surface area contributed by atoms with Gasteiger partial charge in [-0.3, -0.25) is 4.79 Å². The molecule has 0 saturated heterocycles. The number of amides is 1. The van der Waals surface area contributed by atoms with E-state index in [9.17, 15) is 9.90 Å². The number of rotatable bonds is 7. The second kappa shape index (κ2) is 7.78. The third-order valence-corrected chi connectivity index (χ3v) is 3.84. The van der Waals surface area contributed by atoms with E-state index >= 15 is 0 Å². The number of hydrogen-bond acceptors (Lipinski definition) is 3. The first-order chi connectivity index (χ1) is 8.93. The maximum absolute atomic E-state index is 11.7. The van der Waals surface area contributed by atoms with Gasteiger partial charge in [-0.2, -0.15) is 11.8 Å². The molecule has 1 aromatic rings. The molecule has 1 amide bonds. The van der Waals surface area contributed by atoms with Gasteiger partial charge in [0.15, 0.2) is 0 Å². The quantitative estimate of drug-likeness (QED) is 0.813. The van der Waals surface area contributed by atoms with Gasteiger partial charge in [0, 0.05) is 23.7 Å². The fourth-order valence-corrected chi connectivity index (χ4v) is 2.50. The van der Waals surface area contributed by atoms with Gasteiger partial charge in [-0.1, -0.05) is 23.7 Å². The largest absolute Gasteiger partial charge is 0.387 e. The molecule has 3 nitrogen and oxygen atoms in total. The highest BCUT2D eigenvalue weighted by molar-refractivity contribution is 7.98. The summed E-state index contributed by atoms with van der Waals surface area (Å²) in [7, 11) is 0. The number of carbonyl (C=O) groups excluding carboxylic acids is 1. The zero-order valence-electron chi connectivity index (χ0n) is 11.3. The molecule has 0 aliphatic carbocycles. The molecule has 0 aromatic heterocycles. The zero-order valence-corrected chi connectivity index (χ0v) is 12.9. The van der Waals surface area contributed by atoms with E-state index in [2.05, 4.69) is 5.32 Å². The Kier molecular flexibility index (Phi) is 6.69. The van der Waals surface area contributed by atoms with Crippen LogP contribution in [-0.4, -0.2) is 35.2 Å². The van der Waals surface area contributed by atoms with E-state index in [1.807, 2.05) is 30.5 Å². The summed E-state index contributed by atoms with van der Waals surface area (Å²) in [5.74, 6) is 0.557. The molecule has 0 spiro atoms. The summed E-state index contributed by atoms with van der Waals surface area (Å²) in [5.41, 5.74) is 0.227. The lowest BCUT2D eigenvalue weighted by molar-refractivity contribution is -0.122. The van der Waals surface area contributed by atoms with E-state index in [1.165, 1.54) is 0 Å². The van der Waals surface area contributed by atoms with Crippen LogP contribution in [0.25, 0.3) is 0 Å². The fraction of sp³-hybridized carbons (Fsp3) is 0.500. The lowest BCUT2D eigenvalue weighted by atomic mass is 10.1. The van der Waals surface area contributed by atoms with Gasteiger partial charge in [-0.15, -0.1) is 0 Å². The van der Waals surface area contributed by atoms with Gasteiger partial charge in [-0.25, -0.2) is 0 Å². The molecule has 1 aromatic carbocycles. The molecule has 0 radical (unpaired) electrons.